The van der Waals surface area contributed by atoms with E-state index >= 15 is 0 Å². The molecule has 2 heterocycles. The highest BCUT2D eigenvalue weighted by molar-refractivity contribution is 5.85. The first-order valence-electron chi connectivity index (χ1n) is 7.36. The van der Waals surface area contributed by atoms with Crippen LogP contribution in [0.15, 0.2) is 4.63 Å². The number of carbonyl (C=O) groups is 2. The van der Waals surface area contributed by atoms with Crippen LogP contribution < -0.4 is 5.32 Å². The van der Waals surface area contributed by atoms with Gasteiger partial charge in [0.05, 0.1) is 0 Å². The van der Waals surface area contributed by atoms with E-state index in [0.717, 1.165) is 0 Å². The number of aliphatic carboxylic acids is 1. The third-order valence-electron chi connectivity index (χ3n) is 3.62. The standard InChI is InChI=1S/C14H22N4O5/c1-9-10(17-23-16-9)7-18-6-5-14(8-18,11(19)20)15-12(21)22-13(2,3)4/h5-8H2,1-4H3,(H,15,21)(H,19,20). The van der Waals surface area contributed by atoms with E-state index in [1.807, 2.05) is 4.90 Å². The molecular weight excluding hydrogens is 304 g/mol. The molecule has 1 saturated heterocycles. The van der Waals surface area contributed by atoms with Crippen molar-refractivity contribution in [1.82, 2.24) is 20.5 Å². The molecule has 9 heteroatoms. The second kappa shape index (κ2) is 6.15. The Balaban J connectivity index is 2.04. The smallest absolute Gasteiger partial charge is 0.408 e. The number of hydrogen-bond acceptors (Lipinski definition) is 7. The molecule has 0 radical (unpaired) electrons. The Hall–Kier alpha value is -2.16. The van der Waals surface area contributed by atoms with Gasteiger partial charge in [-0.05, 0) is 34.1 Å². The van der Waals surface area contributed by atoms with Gasteiger partial charge in [0.1, 0.15) is 17.0 Å². The zero-order valence-electron chi connectivity index (χ0n) is 13.8. The van der Waals surface area contributed by atoms with Crippen LogP contribution in [0.1, 0.15) is 38.6 Å². The van der Waals surface area contributed by atoms with Crippen molar-refractivity contribution in [3.05, 3.63) is 11.4 Å². The maximum Gasteiger partial charge on any atom is 0.408 e. The maximum absolute atomic E-state index is 11.9. The average molecular weight is 326 g/mol. The Labute approximate surface area is 133 Å². The number of carboxylic acid groups (broad SMARTS) is 1. The SMILES string of the molecule is Cc1nonc1CN1CCC(NC(=O)OC(C)(C)C)(C(=O)O)C1. The molecule has 0 spiro atoms. The van der Waals surface area contributed by atoms with Gasteiger partial charge < -0.3 is 15.2 Å². The predicted molar refractivity (Wildman–Crippen MR) is 78.7 cm³/mol. The summed E-state index contributed by atoms with van der Waals surface area (Å²) in [7, 11) is 0. The number of amides is 1. The lowest BCUT2D eigenvalue weighted by molar-refractivity contribution is -0.144. The second-order valence-electron chi connectivity index (χ2n) is 6.77. The maximum atomic E-state index is 11.9. The number of likely N-dealkylation sites (tertiary alicyclic amines) is 1. The Morgan fingerprint density at radius 2 is 2.13 bits per heavy atom. The largest absolute Gasteiger partial charge is 0.479 e. The van der Waals surface area contributed by atoms with Gasteiger partial charge in [0.15, 0.2) is 5.54 Å². The molecule has 1 aromatic rings. The summed E-state index contributed by atoms with van der Waals surface area (Å²) in [5, 5.41) is 19.6. The number of rotatable bonds is 4. The molecule has 1 aliphatic heterocycles. The number of carbonyl (C=O) groups excluding carboxylic acids is 1. The van der Waals surface area contributed by atoms with Crippen LogP contribution in [0.3, 0.4) is 0 Å². The van der Waals surface area contributed by atoms with Gasteiger partial charge in [-0.25, -0.2) is 14.2 Å². The molecule has 0 saturated carbocycles. The molecule has 1 amide bonds. The second-order valence-corrected chi connectivity index (χ2v) is 6.77. The van der Waals surface area contributed by atoms with E-state index < -0.39 is 23.2 Å². The molecule has 1 aromatic heterocycles. The molecule has 0 aliphatic carbocycles. The van der Waals surface area contributed by atoms with Crippen LogP contribution in [-0.4, -0.2) is 56.6 Å². The summed E-state index contributed by atoms with van der Waals surface area (Å²) in [6, 6.07) is 0. The molecule has 1 atom stereocenters. The van der Waals surface area contributed by atoms with Crippen molar-refractivity contribution in [3.8, 4) is 0 Å². The average Bonchev–Trinajstić information content (AvgIpc) is 2.96. The lowest BCUT2D eigenvalue weighted by Gasteiger charge is -2.28. The van der Waals surface area contributed by atoms with Crippen molar-refractivity contribution >= 4 is 12.1 Å². The molecule has 2 N–H and O–H groups in total. The lowest BCUT2D eigenvalue weighted by atomic mass is 9.99. The Bertz CT molecular complexity index is 594. The molecule has 9 nitrogen and oxygen atoms in total. The van der Waals surface area contributed by atoms with E-state index in [0.29, 0.717) is 24.5 Å². The van der Waals surface area contributed by atoms with Crippen LogP contribution in [-0.2, 0) is 16.1 Å². The van der Waals surface area contributed by atoms with Gasteiger partial charge in [0.25, 0.3) is 0 Å². The first-order chi connectivity index (χ1) is 10.6. The predicted octanol–water partition coefficient (Wildman–Crippen LogP) is 0.932. The van der Waals surface area contributed by atoms with Crippen molar-refractivity contribution in [1.29, 1.82) is 0 Å². The van der Waals surface area contributed by atoms with Gasteiger partial charge in [-0.2, -0.15) is 0 Å². The zero-order valence-corrected chi connectivity index (χ0v) is 13.8. The Morgan fingerprint density at radius 3 is 2.65 bits per heavy atom. The minimum absolute atomic E-state index is 0.161. The van der Waals surface area contributed by atoms with E-state index in [2.05, 4.69) is 20.3 Å². The first kappa shape index (κ1) is 17.2. The van der Waals surface area contributed by atoms with Crippen LogP contribution >= 0.6 is 0 Å². The van der Waals surface area contributed by atoms with Crippen LogP contribution in [0.5, 0.6) is 0 Å². The number of alkyl carbamates (subject to hydrolysis) is 1. The molecule has 2 rings (SSSR count). The van der Waals surface area contributed by atoms with Crippen LogP contribution in [0, 0.1) is 6.92 Å². The summed E-state index contributed by atoms with van der Waals surface area (Å²) in [6.45, 7) is 8.03. The number of nitrogens with one attached hydrogen (secondary N) is 1. The van der Waals surface area contributed by atoms with Crippen LogP contribution in [0.25, 0.3) is 0 Å². The van der Waals surface area contributed by atoms with Gasteiger partial charge >= 0.3 is 12.1 Å². The van der Waals surface area contributed by atoms with Crippen molar-refractivity contribution in [2.75, 3.05) is 13.1 Å². The molecule has 1 unspecified atom stereocenters. The molecule has 0 bridgehead atoms. The molecule has 128 valence electrons. The van der Waals surface area contributed by atoms with Crippen molar-refractivity contribution in [2.45, 2.75) is 51.8 Å². The van der Waals surface area contributed by atoms with Gasteiger partial charge in [-0.3, -0.25) is 4.90 Å². The topological polar surface area (TPSA) is 118 Å². The van der Waals surface area contributed by atoms with E-state index in [-0.39, 0.29) is 13.0 Å². The highest BCUT2D eigenvalue weighted by Crippen LogP contribution is 2.24. The van der Waals surface area contributed by atoms with Crippen molar-refractivity contribution in [2.24, 2.45) is 0 Å². The third-order valence-corrected chi connectivity index (χ3v) is 3.62. The minimum atomic E-state index is -1.37. The molecule has 23 heavy (non-hydrogen) atoms. The van der Waals surface area contributed by atoms with Gasteiger partial charge in [-0.1, -0.05) is 10.3 Å². The number of hydrogen-bond donors (Lipinski definition) is 2. The summed E-state index contributed by atoms with van der Waals surface area (Å²) in [6.07, 6.45) is -0.452. The fraction of sp³-hybridized carbons (Fsp3) is 0.714. The molecule has 1 fully saturated rings. The number of nitrogens with zero attached hydrogens (tertiary/aromatic N) is 3. The van der Waals surface area contributed by atoms with E-state index in [4.69, 9.17) is 4.74 Å². The van der Waals surface area contributed by atoms with Gasteiger partial charge in [-0.15, -0.1) is 0 Å². The highest BCUT2D eigenvalue weighted by Gasteiger charge is 2.47. The third kappa shape index (κ3) is 4.19. The van der Waals surface area contributed by atoms with Gasteiger partial charge in [0.2, 0.25) is 0 Å². The normalized spacial score (nSPS) is 22.1. The summed E-state index contributed by atoms with van der Waals surface area (Å²) < 4.78 is 9.81. The number of ether oxygens (including phenoxy) is 1. The van der Waals surface area contributed by atoms with Crippen molar-refractivity contribution in [3.63, 3.8) is 0 Å². The van der Waals surface area contributed by atoms with Crippen LogP contribution in [0.2, 0.25) is 0 Å². The van der Waals surface area contributed by atoms with E-state index in [1.165, 1.54) is 0 Å². The summed E-state index contributed by atoms with van der Waals surface area (Å²) in [4.78, 5) is 25.5. The zero-order chi connectivity index (χ0) is 17.3. The number of carboxylic acids is 1. The quantitative estimate of drug-likeness (QED) is 0.839. The monoisotopic (exact) mass is 326 g/mol. The Kier molecular flexibility index (Phi) is 4.60. The van der Waals surface area contributed by atoms with Crippen LogP contribution in [0.4, 0.5) is 4.79 Å². The summed E-state index contributed by atoms with van der Waals surface area (Å²) >= 11 is 0. The summed E-state index contributed by atoms with van der Waals surface area (Å²) in [5.41, 5.74) is -0.736. The lowest BCUT2D eigenvalue weighted by Crippen LogP contribution is -2.57. The van der Waals surface area contributed by atoms with E-state index in [9.17, 15) is 14.7 Å². The molecular formula is C14H22N4O5. The fourth-order valence-corrected chi connectivity index (χ4v) is 2.46. The van der Waals surface area contributed by atoms with Crippen molar-refractivity contribution < 1.29 is 24.1 Å². The Morgan fingerprint density at radius 1 is 1.43 bits per heavy atom. The fourth-order valence-electron chi connectivity index (χ4n) is 2.46. The molecule has 0 aromatic carbocycles. The minimum Gasteiger partial charge on any atom is -0.479 e. The highest BCUT2D eigenvalue weighted by atomic mass is 16.6. The molecule has 1 aliphatic rings. The number of aromatic nitrogens is 2. The number of aryl methyl sites for hydroxylation is 1. The van der Waals surface area contributed by atoms with Gasteiger partial charge in [0, 0.05) is 19.6 Å². The summed E-state index contributed by atoms with van der Waals surface area (Å²) in [5.74, 6) is -1.08. The van der Waals surface area contributed by atoms with E-state index in [1.54, 1.807) is 27.7 Å². The first-order valence-corrected chi connectivity index (χ1v) is 7.36.